The molecule has 0 radical (unpaired) electrons. The predicted octanol–water partition coefficient (Wildman–Crippen LogP) is 0.202. The molecule has 0 aromatic heterocycles. The van der Waals surface area contributed by atoms with Crippen LogP contribution >= 0.6 is 0 Å². The van der Waals surface area contributed by atoms with E-state index in [1.807, 2.05) is 0 Å². The third-order valence-corrected chi connectivity index (χ3v) is 5.05. The molecule has 1 aliphatic rings. The highest BCUT2D eigenvalue weighted by molar-refractivity contribution is 6.01. The van der Waals surface area contributed by atoms with Crippen molar-refractivity contribution in [3.8, 4) is 11.5 Å². The first-order valence-corrected chi connectivity index (χ1v) is 10.5. The van der Waals surface area contributed by atoms with E-state index >= 15 is 0 Å². The van der Waals surface area contributed by atoms with E-state index in [0.717, 1.165) is 5.01 Å². The Balaban J connectivity index is 1.49. The zero-order chi connectivity index (χ0) is 25.4. The SMILES string of the molecule is COc1cccc(OC)c1C(=O)NN1C[C@H](C(=O)OCC(=O)NNC(=O)c2ccccc2)CC1=O. The lowest BCUT2D eigenvalue weighted by atomic mass is 10.1. The van der Waals surface area contributed by atoms with Crippen LogP contribution in [0.3, 0.4) is 0 Å². The molecule has 35 heavy (non-hydrogen) atoms. The molecule has 0 aliphatic carbocycles. The van der Waals surface area contributed by atoms with Gasteiger partial charge in [0.2, 0.25) is 5.91 Å². The maximum absolute atomic E-state index is 12.8. The average molecular weight is 484 g/mol. The fourth-order valence-electron chi connectivity index (χ4n) is 3.31. The first-order valence-electron chi connectivity index (χ1n) is 10.5. The van der Waals surface area contributed by atoms with E-state index in [2.05, 4.69) is 16.3 Å². The quantitative estimate of drug-likeness (QED) is 0.355. The van der Waals surface area contributed by atoms with Crippen molar-refractivity contribution in [1.82, 2.24) is 21.3 Å². The maximum Gasteiger partial charge on any atom is 0.311 e. The van der Waals surface area contributed by atoms with Crippen molar-refractivity contribution in [2.24, 2.45) is 5.92 Å². The number of nitrogens with one attached hydrogen (secondary N) is 3. The number of ether oxygens (including phenoxy) is 3. The molecular weight excluding hydrogens is 460 g/mol. The third-order valence-electron chi connectivity index (χ3n) is 5.05. The van der Waals surface area contributed by atoms with E-state index < -0.39 is 42.1 Å². The first kappa shape index (κ1) is 25.0. The number of rotatable bonds is 8. The van der Waals surface area contributed by atoms with Gasteiger partial charge in [-0.05, 0) is 24.3 Å². The van der Waals surface area contributed by atoms with E-state index in [9.17, 15) is 24.0 Å². The summed E-state index contributed by atoms with van der Waals surface area (Å²) in [5.74, 6) is -3.66. The van der Waals surface area contributed by atoms with Crippen molar-refractivity contribution >= 4 is 29.6 Å². The standard InChI is InChI=1S/C23H24N4O8/c1-33-16-9-6-10-17(34-2)20(16)22(31)26-27-12-15(11-19(27)29)23(32)35-13-18(28)24-25-21(30)14-7-4-3-5-8-14/h3-10,15H,11-13H2,1-2H3,(H,24,28)(H,25,30)(H,26,31)/t15-/m1/s1. The Morgan fingerprint density at radius 3 is 2.20 bits per heavy atom. The van der Waals surface area contributed by atoms with Crippen molar-refractivity contribution in [3.05, 3.63) is 59.7 Å². The molecule has 0 spiro atoms. The van der Waals surface area contributed by atoms with E-state index in [4.69, 9.17) is 14.2 Å². The highest BCUT2D eigenvalue weighted by atomic mass is 16.5. The Morgan fingerprint density at radius 2 is 1.57 bits per heavy atom. The average Bonchev–Trinajstić information content (AvgIpc) is 3.25. The Labute approximate surface area is 200 Å². The van der Waals surface area contributed by atoms with Crippen LogP contribution in [0.5, 0.6) is 11.5 Å². The molecule has 3 N–H and O–H groups in total. The van der Waals surface area contributed by atoms with Gasteiger partial charge >= 0.3 is 5.97 Å². The molecule has 184 valence electrons. The summed E-state index contributed by atoms with van der Waals surface area (Å²) in [5.41, 5.74) is 7.20. The molecule has 2 aromatic carbocycles. The van der Waals surface area contributed by atoms with E-state index in [1.54, 1.807) is 48.5 Å². The number of methoxy groups -OCH3 is 2. The number of amides is 4. The van der Waals surface area contributed by atoms with Crippen molar-refractivity contribution in [1.29, 1.82) is 0 Å². The number of hydrogen-bond acceptors (Lipinski definition) is 8. The number of hydrogen-bond donors (Lipinski definition) is 3. The maximum atomic E-state index is 12.8. The zero-order valence-electron chi connectivity index (χ0n) is 19.0. The largest absolute Gasteiger partial charge is 0.496 e. The van der Waals surface area contributed by atoms with Gasteiger partial charge in [-0.3, -0.25) is 45.3 Å². The van der Waals surface area contributed by atoms with Crippen LogP contribution in [0, 0.1) is 5.92 Å². The Morgan fingerprint density at radius 1 is 0.914 bits per heavy atom. The molecule has 1 saturated heterocycles. The first-order chi connectivity index (χ1) is 16.8. The number of carbonyl (C=O) groups is 5. The molecule has 12 heteroatoms. The second kappa shape index (κ2) is 11.5. The molecule has 3 rings (SSSR count). The lowest BCUT2D eigenvalue weighted by Gasteiger charge is -2.19. The van der Waals surface area contributed by atoms with Crippen LogP contribution in [0.2, 0.25) is 0 Å². The van der Waals surface area contributed by atoms with Gasteiger partial charge in [-0.25, -0.2) is 0 Å². The number of nitrogens with zero attached hydrogens (tertiary/aromatic N) is 1. The summed E-state index contributed by atoms with van der Waals surface area (Å²) in [6.45, 7) is -0.809. The molecule has 1 atom stereocenters. The summed E-state index contributed by atoms with van der Waals surface area (Å²) < 4.78 is 15.3. The highest BCUT2D eigenvalue weighted by Gasteiger charge is 2.37. The molecule has 2 aromatic rings. The lowest BCUT2D eigenvalue weighted by molar-refractivity contribution is -0.152. The Bertz CT molecular complexity index is 1100. The van der Waals surface area contributed by atoms with Gasteiger partial charge in [0.1, 0.15) is 17.1 Å². The van der Waals surface area contributed by atoms with Gasteiger partial charge in [-0.1, -0.05) is 24.3 Å². The summed E-state index contributed by atoms with van der Waals surface area (Å²) in [5, 5.41) is 1.00. The van der Waals surface area contributed by atoms with Gasteiger partial charge in [0.25, 0.3) is 17.7 Å². The van der Waals surface area contributed by atoms with Crippen molar-refractivity contribution in [2.75, 3.05) is 27.4 Å². The molecule has 12 nitrogen and oxygen atoms in total. The second-order valence-electron chi connectivity index (χ2n) is 7.36. The van der Waals surface area contributed by atoms with Crippen molar-refractivity contribution < 1.29 is 38.2 Å². The fourth-order valence-corrected chi connectivity index (χ4v) is 3.31. The molecule has 0 unspecified atom stereocenters. The minimum Gasteiger partial charge on any atom is -0.496 e. The minimum absolute atomic E-state index is 0.0885. The lowest BCUT2D eigenvalue weighted by Crippen LogP contribution is -2.44. The van der Waals surface area contributed by atoms with Crippen LogP contribution < -0.4 is 25.8 Å². The van der Waals surface area contributed by atoms with Gasteiger partial charge < -0.3 is 14.2 Å². The Hall–Kier alpha value is -4.61. The smallest absolute Gasteiger partial charge is 0.311 e. The van der Waals surface area contributed by atoms with Gasteiger partial charge in [-0.2, -0.15) is 0 Å². The molecule has 1 heterocycles. The van der Waals surface area contributed by atoms with Gasteiger partial charge in [0, 0.05) is 12.0 Å². The molecular formula is C23H24N4O8. The molecule has 4 amide bonds. The molecule has 1 fully saturated rings. The van der Waals surface area contributed by atoms with Crippen LogP contribution in [-0.4, -0.2) is 62.0 Å². The summed E-state index contributed by atoms with van der Waals surface area (Å²) in [7, 11) is 2.78. The number of esters is 1. The highest BCUT2D eigenvalue weighted by Crippen LogP contribution is 2.28. The molecule has 0 saturated carbocycles. The minimum atomic E-state index is -0.894. The van der Waals surface area contributed by atoms with Crippen LogP contribution in [0.25, 0.3) is 0 Å². The van der Waals surface area contributed by atoms with Crippen molar-refractivity contribution in [3.63, 3.8) is 0 Å². The predicted molar refractivity (Wildman–Crippen MR) is 120 cm³/mol. The number of benzene rings is 2. The Kier molecular flexibility index (Phi) is 8.22. The molecule has 1 aliphatic heterocycles. The molecule has 0 bridgehead atoms. The van der Waals surface area contributed by atoms with E-state index in [1.165, 1.54) is 14.2 Å². The summed E-state index contributed by atoms with van der Waals surface area (Å²) in [4.78, 5) is 61.2. The fraction of sp³-hybridized carbons (Fsp3) is 0.261. The number of hydrazine groups is 2. The van der Waals surface area contributed by atoms with Crippen LogP contribution in [-0.2, 0) is 19.1 Å². The number of carbonyl (C=O) groups excluding carboxylic acids is 5. The van der Waals surface area contributed by atoms with Crippen LogP contribution in [0.4, 0.5) is 0 Å². The second-order valence-corrected chi connectivity index (χ2v) is 7.36. The summed E-state index contributed by atoms with van der Waals surface area (Å²) in [6.07, 6.45) is -0.214. The van der Waals surface area contributed by atoms with E-state index in [-0.39, 0.29) is 30.0 Å². The third kappa shape index (κ3) is 6.25. The van der Waals surface area contributed by atoms with Gasteiger partial charge in [0.05, 0.1) is 26.7 Å². The monoisotopic (exact) mass is 484 g/mol. The zero-order valence-corrected chi connectivity index (χ0v) is 19.0. The van der Waals surface area contributed by atoms with E-state index in [0.29, 0.717) is 5.56 Å². The summed E-state index contributed by atoms with van der Waals surface area (Å²) in [6, 6.07) is 13.0. The van der Waals surface area contributed by atoms with Gasteiger partial charge in [-0.15, -0.1) is 0 Å². The van der Waals surface area contributed by atoms with Crippen LogP contribution in [0.1, 0.15) is 27.1 Å². The summed E-state index contributed by atoms with van der Waals surface area (Å²) >= 11 is 0. The van der Waals surface area contributed by atoms with Crippen molar-refractivity contribution in [2.45, 2.75) is 6.42 Å². The van der Waals surface area contributed by atoms with Gasteiger partial charge in [0.15, 0.2) is 6.61 Å². The normalized spacial score (nSPS) is 14.6. The topological polar surface area (TPSA) is 152 Å². The van der Waals surface area contributed by atoms with Crippen LogP contribution in [0.15, 0.2) is 48.5 Å².